The summed E-state index contributed by atoms with van der Waals surface area (Å²) in [5.41, 5.74) is 4.81. The van der Waals surface area contributed by atoms with Gasteiger partial charge in [-0.1, -0.05) is 54.8 Å². The second kappa shape index (κ2) is 7.84. The van der Waals surface area contributed by atoms with Crippen molar-refractivity contribution in [3.05, 3.63) is 53.1 Å². The molecule has 0 unspecified atom stereocenters. The maximum absolute atomic E-state index is 12.9. The molecule has 174 valence electrons. The number of hydrogen-bond donors (Lipinski definition) is 0. The molecule has 1 aromatic rings. The van der Waals surface area contributed by atoms with Crippen molar-refractivity contribution in [3.8, 4) is 0 Å². The Balaban J connectivity index is 1.34. The summed E-state index contributed by atoms with van der Waals surface area (Å²) in [7, 11) is -3.72. The largest absolute Gasteiger partial charge is 0.297 e. The fourth-order valence-electron chi connectivity index (χ4n) is 7.97. The topological polar surface area (TPSA) is 43.4 Å². The SMILES string of the molecule is CC=C1CC[C@H]2[C@@H]3CC=C4C[C@@H](OS(=O)(=O)c5ccc(C)cc5)CC[C@]4(C)[C@H]3CC[C@]12C. The van der Waals surface area contributed by atoms with Crippen LogP contribution >= 0.6 is 0 Å². The van der Waals surface area contributed by atoms with Crippen LogP contribution in [0.3, 0.4) is 0 Å². The van der Waals surface area contributed by atoms with E-state index in [4.69, 9.17) is 4.18 Å². The van der Waals surface area contributed by atoms with Gasteiger partial charge in [-0.05, 0) is 106 Å². The third kappa shape index (κ3) is 3.44. The highest BCUT2D eigenvalue weighted by Crippen LogP contribution is 2.66. The highest BCUT2D eigenvalue weighted by molar-refractivity contribution is 7.86. The monoisotopic (exact) mass is 454 g/mol. The molecule has 0 bridgehead atoms. The lowest BCUT2D eigenvalue weighted by atomic mass is 9.48. The van der Waals surface area contributed by atoms with Gasteiger partial charge in [0.15, 0.2) is 0 Å². The minimum absolute atomic E-state index is 0.205. The average Bonchev–Trinajstić information content (AvgIpc) is 3.10. The number of aryl methyl sites for hydroxylation is 1. The first kappa shape index (κ1) is 22.4. The van der Waals surface area contributed by atoms with E-state index >= 15 is 0 Å². The normalized spacial score (nSPS) is 40.4. The summed E-state index contributed by atoms with van der Waals surface area (Å²) in [5, 5.41) is 0. The van der Waals surface area contributed by atoms with Crippen LogP contribution in [0.25, 0.3) is 0 Å². The molecule has 3 fully saturated rings. The molecular weight excluding hydrogens is 416 g/mol. The van der Waals surface area contributed by atoms with Crippen molar-refractivity contribution < 1.29 is 12.6 Å². The molecular formula is C28H38O3S. The van der Waals surface area contributed by atoms with Gasteiger partial charge in [0.2, 0.25) is 0 Å². The number of fused-ring (bicyclic) bond motifs is 5. The molecule has 32 heavy (non-hydrogen) atoms. The highest BCUT2D eigenvalue weighted by atomic mass is 32.2. The average molecular weight is 455 g/mol. The van der Waals surface area contributed by atoms with E-state index in [2.05, 4.69) is 32.9 Å². The maximum atomic E-state index is 12.9. The van der Waals surface area contributed by atoms with Gasteiger partial charge in [0.05, 0.1) is 11.0 Å². The van der Waals surface area contributed by atoms with Gasteiger partial charge in [-0.25, -0.2) is 0 Å². The molecule has 0 radical (unpaired) electrons. The van der Waals surface area contributed by atoms with Crippen LogP contribution < -0.4 is 0 Å². The lowest BCUT2D eigenvalue weighted by Gasteiger charge is -2.57. The van der Waals surface area contributed by atoms with Crippen molar-refractivity contribution in [2.75, 3.05) is 0 Å². The van der Waals surface area contributed by atoms with E-state index in [1.54, 1.807) is 17.7 Å². The lowest BCUT2D eigenvalue weighted by Crippen LogP contribution is -2.49. The predicted octanol–water partition coefficient (Wildman–Crippen LogP) is 6.98. The van der Waals surface area contributed by atoms with E-state index in [0.717, 1.165) is 49.0 Å². The molecule has 0 amide bonds. The lowest BCUT2D eigenvalue weighted by molar-refractivity contribution is -0.0237. The Kier molecular flexibility index (Phi) is 5.49. The van der Waals surface area contributed by atoms with Crippen molar-refractivity contribution in [2.24, 2.45) is 28.6 Å². The number of rotatable bonds is 3. The zero-order valence-corrected chi connectivity index (χ0v) is 20.9. The molecule has 0 spiro atoms. The molecule has 6 atom stereocenters. The fraction of sp³-hybridized carbons (Fsp3) is 0.643. The summed E-state index contributed by atoms with van der Waals surface area (Å²) in [5.74, 6) is 2.30. The minimum Gasteiger partial charge on any atom is -0.263 e. The van der Waals surface area contributed by atoms with E-state index in [-0.39, 0.29) is 16.4 Å². The molecule has 0 saturated heterocycles. The van der Waals surface area contributed by atoms with Gasteiger partial charge in [0, 0.05) is 0 Å². The van der Waals surface area contributed by atoms with Crippen molar-refractivity contribution in [1.29, 1.82) is 0 Å². The highest BCUT2D eigenvalue weighted by Gasteiger charge is 2.57. The molecule has 1 aromatic carbocycles. The molecule has 0 aliphatic heterocycles. The molecule has 0 N–H and O–H groups in total. The summed E-state index contributed by atoms with van der Waals surface area (Å²) >= 11 is 0. The van der Waals surface area contributed by atoms with Crippen molar-refractivity contribution in [3.63, 3.8) is 0 Å². The molecule has 3 saturated carbocycles. The molecule has 4 heteroatoms. The molecule has 0 aromatic heterocycles. The number of hydrogen-bond acceptors (Lipinski definition) is 3. The van der Waals surface area contributed by atoms with Crippen LogP contribution in [0.2, 0.25) is 0 Å². The first-order chi connectivity index (χ1) is 15.2. The van der Waals surface area contributed by atoms with Gasteiger partial charge in [-0.2, -0.15) is 8.42 Å². The van der Waals surface area contributed by atoms with E-state index in [0.29, 0.717) is 5.41 Å². The van der Waals surface area contributed by atoms with Gasteiger partial charge in [-0.3, -0.25) is 4.18 Å². The van der Waals surface area contributed by atoms with Crippen LogP contribution in [-0.4, -0.2) is 14.5 Å². The minimum atomic E-state index is -3.72. The van der Waals surface area contributed by atoms with Gasteiger partial charge >= 0.3 is 0 Å². The second-order valence-electron chi connectivity index (χ2n) is 11.3. The third-order valence-corrected chi connectivity index (χ3v) is 11.2. The second-order valence-corrected chi connectivity index (χ2v) is 12.9. The summed E-state index contributed by atoms with van der Waals surface area (Å²) in [4.78, 5) is 0.265. The summed E-state index contributed by atoms with van der Waals surface area (Å²) < 4.78 is 31.5. The molecule has 4 aliphatic rings. The maximum Gasteiger partial charge on any atom is 0.297 e. The van der Waals surface area contributed by atoms with Crippen molar-refractivity contribution in [1.82, 2.24) is 0 Å². The van der Waals surface area contributed by atoms with Crippen molar-refractivity contribution in [2.45, 2.75) is 90.1 Å². The Morgan fingerprint density at radius 1 is 1.00 bits per heavy atom. The summed E-state index contributed by atoms with van der Waals surface area (Å²) in [6.45, 7) is 9.18. The van der Waals surface area contributed by atoms with Crippen LogP contribution in [0.15, 0.2) is 52.5 Å². The zero-order valence-electron chi connectivity index (χ0n) is 20.1. The van der Waals surface area contributed by atoms with Crippen LogP contribution in [0.5, 0.6) is 0 Å². The van der Waals surface area contributed by atoms with Gasteiger partial charge in [0.1, 0.15) is 0 Å². The standard InChI is InChI=1S/C28H38O3S/c1-5-20-9-13-25-24-12-8-21-18-22(31-32(29,30)23-10-6-19(2)7-11-23)14-16-28(21,4)26(24)15-17-27(20,25)3/h5-8,10-11,22,24-26H,9,12-18H2,1-4H3/t22-,24-,25-,26-,27+,28-/m0/s1. The number of benzene rings is 1. The smallest absolute Gasteiger partial charge is 0.263 e. The third-order valence-electron chi connectivity index (χ3n) is 9.83. The van der Waals surface area contributed by atoms with Gasteiger partial charge in [-0.15, -0.1) is 0 Å². The Bertz CT molecular complexity index is 1050. The molecule has 3 nitrogen and oxygen atoms in total. The Morgan fingerprint density at radius 3 is 2.41 bits per heavy atom. The van der Waals surface area contributed by atoms with E-state index in [1.807, 2.05) is 19.1 Å². The van der Waals surface area contributed by atoms with Gasteiger partial charge < -0.3 is 0 Å². The van der Waals surface area contributed by atoms with E-state index in [1.165, 1.54) is 31.3 Å². The fourth-order valence-corrected chi connectivity index (χ4v) is 9.07. The van der Waals surface area contributed by atoms with E-state index < -0.39 is 10.1 Å². The van der Waals surface area contributed by atoms with Crippen LogP contribution in [-0.2, 0) is 14.3 Å². The van der Waals surface area contributed by atoms with Crippen LogP contribution in [0.1, 0.15) is 77.7 Å². The van der Waals surface area contributed by atoms with Gasteiger partial charge in [0.25, 0.3) is 10.1 Å². The predicted molar refractivity (Wildman–Crippen MR) is 129 cm³/mol. The Morgan fingerprint density at radius 2 is 1.69 bits per heavy atom. The van der Waals surface area contributed by atoms with Crippen LogP contribution in [0, 0.1) is 35.5 Å². The van der Waals surface area contributed by atoms with Crippen LogP contribution in [0.4, 0.5) is 0 Å². The van der Waals surface area contributed by atoms with Crippen molar-refractivity contribution >= 4 is 10.1 Å². The summed E-state index contributed by atoms with van der Waals surface area (Å²) in [6.07, 6.45) is 13.6. The first-order valence-corrected chi connectivity index (χ1v) is 13.9. The first-order valence-electron chi connectivity index (χ1n) is 12.5. The Hall–Kier alpha value is -1.39. The molecule has 0 heterocycles. The number of allylic oxidation sites excluding steroid dienone is 3. The van der Waals surface area contributed by atoms with E-state index in [9.17, 15) is 8.42 Å². The molecule has 4 aliphatic carbocycles. The summed E-state index contributed by atoms with van der Waals surface area (Å²) in [6, 6.07) is 6.97. The Labute approximate surface area is 194 Å². The zero-order chi connectivity index (χ0) is 22.7. The molecule has 5 rings (SSSR count). The quantitative estimate of drug-likeness (QED) is 0.365.